The number of hydrogen-bond acceptors (Lipinski definition) is 2. The summed E-state index contributed by atoms with van der Waals surface area (Å²) in [5, 5.41) is 2.91. The molecule has 2 rings (SSSR count). The highest BCUT2D eigenvalue weighted by molar-refractivity contribution is 5.91. The van der Waals surface area contributed by atoms with Gasteiger partial charge in [-0.1, -0.05) is 50.2 Å². The van der Waals surface area contributed by atoms with Crippen molar-refractivity contribution in [2.75, 3.05) is 13.7 Å². The van der Waals surface area contributed by atoms with Crippen LogP contribution in [0.1, 0.15) is 36.5 Å². The summed E-state index contributed by atoms with van der Waals surface area (Å²) < 4.78 is 5.16. The summed E-state index contributed by atoms with van der Waals surface area (Å²) in [5.74, 6) is 1.24. The van der Waals surface area contributed by atoms with Crippen molar-refractivity contribution in [3.8, 4) is 5.75 Å². The Balaban J connectivity index is 1.79. The first-order valence-corrected chi connectivity index (χ1v) is 8.27. The number of hydrogen-bond donors (Lipinski definition) is 1. The predicted molar refractivity (Wildman–Crippen MR) is 99.3 cm³/mol. The van der Waals surface area contributed by atoms with Crippen LogP contribution < -0.4 is 10.1 Å². The molecule has 0 aromatic heterocycles. The average molecular weight is 323 g/mol. The second kappa shape index (κ2) is 8.92. The van der Waals surface area contributed by atoms with Crippen LogP contribution >= 0.6 is 0 Å². The molecule has 0 aliphatic heterocycles. The van der Waals surface area contributed by atoms with Crippen LogP contribution in [0.4, 0.5) is 0 Å². The molecule has 0 aliphatic rings. The molecule has 1 N–H and O–H groups in total. The Morgan fingerprint density at radius 2 is 1.92 bits per heavy atom. The van der Waals surface area contributed by atoms with Gasteiger partial charge in [0.2, 0.25) is 5.91 Å². The molecule has 126 valence electrons. The van der Waals surface area contributed by atoms with Crippen molar-refractivity contribution < 1.29 is 9.53 Å². The summed E-state index contributed by atoms with van der Waals surface area (Å²) in [4.78, 5) is 11.9. The lowest BCUT2D eigenvalue weighted by atomic mass is 10.0. The summed E-state index contributed by atoms with van der Waals surface area (Å²) in [6, 6.07) is 16.2. The maximum atomic E-state index is 11.9. The van der Waals surface area contributed by atoms with Gasteiger partial charge < -0.3 is 10.1 Å². The molecular weight excluding hydrogens is 298 g/mol. The summed E-state index contributed by atoms with van der Waals surface area (Å²) in [6.07, 6.45) is 4.17. The lowest BCUT2D eigenvalue weighted by Crippen LogP contribution is -2.23. The Bertz CT molecular complexity index is 687. The van der Waals surface area contributed by atoms with Crippen LogP contribution in [0.25, 0.3) is 6.08 Å². The number of nitrogens with one attached hydrogen (secondary N) is 1. The number of rotatable bonds is 7. The largest absolute Gasteiger partial charge is 0.497 e. The van der Waals surface area contributed by atoms with Gasteiger partial charge in [-0.3, -0.25) is 4.79 Å². The van der Waals surface area contributed by atoms with Crippen molar-refractivity contribution in [1.82, 2.24) is 5.32 Å². The SMILES string of the molecule is COc1cccc(/C=C/C(=O)NCCc2ccc(C(C)C)cc2)c1. The third-order valence-corrected chi connectivity index (χ3v) is 3.88. The third kappa shape index (κ3) is 5.58. The van der Waals surface area contributed by atoms with Gasteiger partial charge in [0.15, 0.2) is 0 Å². The molecule has 0 atom stereocenters. The summed E-state index contributed by atoms with van der Waals surface area (Å²) in [5.41, 5.74) is 3.51. The van der Waals surface area contributed by atoms with E-state index in [0.29, 0.717) is 12.5 Å². The monoisotopic (exact) mass is 323 g/mol. The van der Waals surface area contributed by atoms with E-state index in [9.17, 15) is 4.79 Å². The van der Waals surface area contributed by atoms with E-state index in [2.05, 4.69) is 43.4 Å². The van der Waals surface area contributed by atoms with Gasteiger partial charge in [-0.2, -0.15) is 0 Å². The molecule has 0 fully saturated rings. The molecule has 0 radical (unpaired) electrons. The fourth-order valence-corrected chi connectivity index (χ4v) is 2.38. The van der Waals surface area contributed by atoms with Crippen molar-refractivity contribution in [3.05, 3.63) is 71.3 Å². The highest BCUT2D eigenvalue weighted by Gasteiger charge is 2.00. The van der Waals surface area contributed by atoms with E-state index in [4.69, 9.17) is 4.74 Å². The highest BCUT2D eigenvalue weighted by Crippen LogP contribution is 2.15. The normalized spacial score (nSPS) is 11.0. The lowest BCUT2D eigenvalue weighted by Gasteiger charge is -2.07. The van der Waals surface area contributed by atoms with Crippen molar-refractivity contribution in [1.29, 1.82) is 0 Å². The average Bonchev–Trinajstić information content (AvgIpc) is 2.60. The molecule has 1 amide bonds. The van der Waals surface area contributed by atoms with Crippen LogP contribution in [0.2, 0.25) is 0 Å². The van der Waals surface area contributed by atoms with E-state index >= 15 is 0 Å². The van der Waals surface area contributed by atoms with Crippen molar-refractivity contribution in [3.63, 3.8) is 0 Å². The molecule has 2 aromatic rings. The van der Waals surface area contributed by atoms with Crippen molar-refractivity contribution in [2.24, 2.45) is 0 Å². The fourth-order valence-electron chi connectivity index (χ4n) is 2.38. The van der Waals surface area contributed by atoms with Crippen molar-refractivity contribution >= 4 is 12.0 Å². The van der Waals surface area contributed by atoms with Gasteiger partial charge >= 0.3 is 0 Å². The Morgan fingerprint density at radius 1 is 1.17 bits per heavy atom. The van der Waals surface area contributed by atoms with Crippen LogP contribution in [0.15, 0.2) is 54.6 Å². The van der Waals surface area contributed by atoms with E-state index in [1.54, 1.807) is 19.3 Å². The van der Waals surface area contributed by atoms with Gasteiger partial charge in [-0.25, -0.2) is 0 Å². The van der Waals surface area contributed by atoms with Gasteiger partial charge in [-0.05, 0) is 47.2 Å². The molecule has 0 heterocycles. The van der Waals surface area contributed by atoms with E-state index in [-0.39, 0.29) is 5.91 Å². The summed E-state index contributed by atoms with van der Waals surface area (Å²) >= 11 is 0. The van der Waals surface area contributed by atoms with E-state index < -0.39 is 0 Å². The fraction of sp³-hybridized carbons (Fsp3) is 0.286. The van der Waals surface area contributed by atoms with E-state index in [1.165, 1.54) is 11.1 Å². The standard InChI is InChI=1S/C21H25NO2/c1-16(2)19-10-7-17(8-11-19)13-14-22-21(23)12-9-18-5-4-6-20(15-18)24-3/h4-12,15-16H,13-14H2,1-3H3,(H,22,23)/b12-9+. The molecule has 24 heavy (non-hydrogen) atoms. The Hall–Kier alpha value is -2.55. The zero-order valence-electron chi connectivity index (χ0n) is 14.6. The number of carbonyl (C=O) groups excluding carboxylic acids is 1. The minimum atomic E-state index is -0.0865. The summed E-state index contributed by atoms with van der Waals surface area (Å²) in [6.45, 7) is 5.00. The minimum absolute atomic E-state index is 0.0865. The van der Waals surface area contributed by atoms with Gasteiger partial charge in [0.25, 0.3) is 0 Å². The molecule has 2 aromatic carbocycles. The Morgan fingerprint density at radius 3 is 2.58 bits per heavy atom. The number of carbonyl (C=O) groups is 1. The van der Waals surface area contributed by atoms with E-state index in [0.717, 1.165) is 17.7 Å². The van der Waals surface area contributed by atoms with Crippen LogP contribution in [-0.2, 0) is 11.2 Å². The molecule has 0 saturated carbocycles. The molecule has 0 unspecified atom stereocenters. The molecule has 0 aliphatic carbocycles. The number of amides is 1. The Kier molecular flexibility index (Phi) is 6.62. The first kappa shape index (κ1) is 17.8. The predicted octanol–water partition coefficient (Wildman–Crippen LogP) is 4.19. The molecule has 0 saturated heterocycles. The maximum Gasteiger partial charge on any atom is 0.244 e. The molecule has 0 bridgehead atoms. The van der Waals surface area contributed by atoms with Crippen LogP contribution in [0, 0.1) is 0 Å². The third-order valence-electron chi connectivity index (χ3n) is 3.88. The molecule has 3 heteroatoms. The van der Waals surface area contributed by atoms with Gasteiger partial charge in [0.05, 0.1) is 7.11 Å². The minimum Gasteiger partial charge on any atom is -0.497 e. The topological polar surface area (TPSA) is 38.3 Å². The van der Waals surface area contributed by atoms with Crippen LogP contribution in [0.3, 0.4) is 0 Å². The molecular formula is C21H25NO2. The maximum absolute atomic E-state index is 11.9. The van der Waals surface area contributed by atoms with Crippen LogP contribution in [0.5, 0.6) is 5.75 Å². The van der Waals surface area contributed by atoms with Gasteiger partial charge in [0.1, 0.15) is 5.75 Å². The molecule has 0 spiro atoms. The van der Waals surface area contributed by atoms with E-state index in [1.807, 2.05) is 24.3 Å². The second-order valence-electron chi connectivity index (χ2n) is 6.05. The zero-order chi connectivity index (χ0) is 17.4. The lowest BCUT2D eigenvalue weighted by molar-refractivity contribution is -0.116. The molecule has 3 nitrogen and oxygen atoms in total. The highest BCUT2D eigenvalue weighted by atomic mass is 16.5. The van der Waals surface area contributed by atoms with Crippen molar-refractivity contribution in [2.45, 2.75) is 26.2 Å². The number of ether oxygens (including phenoxy) is 1. The first-order valence-electron chi connectivity index (χ1n) is 8.27. The quantitative estimate of drug-likeness (QED) is 0.776. The number of benzene rings is 2. The zero-order valence-corrected chi connectivity index (χ0v) is 14.6. The van der Waals surface area contributed by atoms with Gasteiger partial charge in [-0.15, -0.1) is 0 Å². The van der Waals surface area contributed by atoms with Crippen LogP contribution in [-0.4, -0.2) is 19.6 Å². The Labute approximate surface area is 144 Å². The second-order valence-corrected chi connectivity index (χ2v) is 6.05. The number of methoxy groups -OCH3 is 1. The summed E-state index contributed by atoms with van der Waals surface area (Å²) in [7, 11) is 1.63. The smallest absolute Gasteiger partial charge is 0.244 e. The first-order chi connectivity index (χ1) is 11.6. The van der Waals surface area contributed by atoms with Gasteiger partial charge in [0, 0.05) is 12.6 Å².